The van der Waals surface area contributed by atoms with E-state index in [9.17, 15) is 19.5 Å². The number of hydrogen-bond donors (Lipinski definition) is 1. The molecule has 0 aromatic carbocycles. The van der Waals surface area contributed by atoms with E-state index in [0.717, 1.165) is 89.9 Å². The van der Waals surface area contributed by atoms with Crippen molar-refractivity contribution in [3.63, 3.8) is 0 Å². The first-order valence-electron chi connectivity index (χ1n) is 46.4. The minimum atomic E-state index is -1.51. The molecule has 0 saturated heterocycles. The molecule has 9 heteroatoms. The van der Waals surface area contributed by atoms with E-state index in [-0.39, 0.29) is 38.2 Å². The van der Waals surface area contributed by atoms with Crippen LogP contribution in [-0.4, -0.2) is 87.4 Å². The van der Waals surface area contributed by atoms with Gasteiger partial charge in [0.1, 0.15) is 13.2 Å². The molecule has 0 spiro atoms. The molecule has 2 atom stereocenters. The molecule has 107 heavy (non-hydrogen) atoms. The Labute approximate surface area is 664 Å². The van der Waals surface area contributed by atoms with Crippen LogP contribution >= 0.6 is 0 Å². The SMILES string of the molecule is CC/C=C\C/C=C\C/C=C\C/C=C\C/C=C\C/C=C\C/C=C\C/C=C\CCCCCCCCCCCCCCCCCCC(=O)OC(COC(=O)CCCCCCCCCCCCCCCCCCCCCCCCCCCCCCCCCCCCCCCCCCC)COC(OCC[N+](C)(C)C)C(=O)O. The number of likely N-dealkylation sites (N-methyl/N-ethyl adjacent to an activating group) is 1. The molecule has 0 aromatic rings. The van der Waals surface area contributed by atoms with Gasteiger partial charge in [0.25, 0.3) is 6.29 Å². The zero-order valence-electron chi connectivity index (χ0n) is 71.6. The van der Waals surface area contributed by atoms with Crippen LogP contribution in [0, 0.1) is 0 Å². The van der Waals surface area contributed by atoms with E-state index in [1.807, 2.05) is 21.1 Å². The fourth-order valence-electron chi connectivity index (χ4n) is 13.9. The van der Waals surface area contributed by atoms with E-state index in [2.05, 4.69) is 111 Å². The molecule has 0 aromatic heterocycles. The van der Waals surface area contributed by atoms with Crippen molar-refractivity contribution in [2.75, 3.05) is 47.5 Å². The van der Waals surface area contributed by atoms with Gasteiger partial charge in [-0.2, -0.15) is 0 Å². The molecule has 1 N–H and O–H groups in total. The molecule has 9 nitrogen and oxygen atoms in total. The number of allylic oxidation sites excluding steroid dienone is 16. The number of ether oxygens (including phenoxy) is 4. The summed E-state index contributed by atoms with van der Waals surface area (Å²) in [4.78, 5) is 37.9. The van der Waals surface area contributed by atoms with E-state index >= 15 is 0 Å². The highest BCUT2D eigenvalue weighted by atomic mass is 16.7. The normalized spacial score (nSPS) is 13.0. The van der Waals surface area contributed by atoms with Crippen LogP contribution in [-0.2, 0) is 33.3 Å². The topological polar surface area (TPSA) is 108 Å². The van der Waals surface area contributed by atoms with Gasteiger partial charge in [0, 0.05) is 12.8 Å². The molecule has 2 unspecified atom stereocenters. The number of carboxylic acid groups (broad SMARTS) is 1. The molecule has 0 bridgehead atoms. The number of carbonyl (C=O) groups is 3. The molecular formula is C98H178NO8+. The van der Waals surface area contributed by atoms with Gasteiger partial charge >= 0.3 is 17.9 Å². The minimum absolute atomic E-state index is 0.179. The fourth-order valence-corrected chi connectivity index (χ4v) is 13.9. The molecule has 0 rings (SSSR count). The van der Waals surface area contributed by atoms with Gasteiger partial charge in [0.2, 0.25) is 0 Å². The van der Waals surface area contributed by atoms with Gasteiger partial charge in [0.05, 0.1) is 34.4 Å². The summed E-state index contributed by atoms with van der Waals surface area (Å²) < 4.78 is 23.1. The lowest BCUT2D eigenvalue weighted by atomic mass is 10.0. The number of hydrogen-bond acceptors (Lipinski definition) is 7. The predicted molar refractivity (Wildman–Crippen MR) is 465 cm³/mol. The summed E-state index contributed by atoms with van der Waals surface area (Å²) in [5, 5.41) is 9.80. The molecule has 0 radical (unpaired) electrons. The van der Waals surface area contributed by atoms with Crippen LogP contribution in [0.4, 0.5) is 0 Å². The lowest BCUT2D eigenvalue weighted by Crippen LogP contribution is -2.40. The van der Waals surface area contributed by atoms with Crippen molar-refractivity contribution < 1.29 is 42.9 Å². The van der Waals surface area contributed by atoms with E-state index in [0.29, 0.717) is 17.4 Å². The molecule has 0 heterocycles. The Bertz CT molecular complexity index is 2100. The van der Waals surface area contributed by atoms with Crippen LogP contribution in [0.25, 0.3) is 0 Å². The van der Waals surface area contributed by atoms with E-state index < -0.39 is 18.4 Å². The zero-order valence-corrected chi connectivity index (χ0v) is 71.6. The second-order valence-corrected chi connectivity index (χ2v) is 32.6. The lowest BCUT2D eigenvalue weighted by molar-refractivity contribution is -0.870. The van der Waals surface area contributed by atoms with E-state index in [4.69, 9.17) is 18.9 Å². The average molecular weight is 1500 g/mol. The fraction of sp³-hybridized carbons (Fsp3) is 0.806. The Kier molecular flexibility index (Phi) is 84.7. The quantitative estimate of drug-likeness (QED) is 0.0211. The van der Waals surface area contributed by atoms with Crippen molar-refractivity contribution in [1.29, 1.82) is 0 Å². The minimum Gasteiger partial charge on any atom is -0.477 e. The van der Waals surface area contributed by atoms with Gasteiger partial charge in [-0.3, -0.25) is 9.59 Å². The van der Waals surface area contributed by atoms with Gasteiger partial charge in [-0.05, 0) is 77.0 Å². The van der Waals surface area contributed by atoms with E-state index in [1.165, 1.54) is 334 Å². The Hall–Kier alpha value is -3.79. The molecule has 0 aliphatic heterocycles. The van der Waals surface area contributed by atoms with Gasteiger partial charge < -0.3 is 28.5 Å². The monoisotopic (exact) mass is 1500 g/mol. The van der Waals surface area contributed by atoms with E-state index in [1.54, 1.807) is 0 Å². The number of quaternary nitrogens is 1. The van der Waals surface area contributed by atoms with Gasteiger partial charge in [-0.1, -0.05) is 458 Å². The highest BCUT2D eigenvalue weighted by Crippen LogP contribution is 2.21. The van der Waals surface area contributed by atoms with Crippen LogP contribution in [0.3, 0.4) is 0 Å². The first-order valence-corrected chi connectivity index (χ1v) is 46.4. The first-order chi connectivity index (χ1) is 52.6. The number of carbonyl (C=O) groups excluding carboxylic acids is 2. The van der Waals surface area contributed by atoms with Crippen molar-refractivity contribution in [3.8, 4) is 0 Å². The number of carboxylic acids is 1. The van der Waals surface area contributed by atoms with Gasteiger partial charge in [0.15, 0.2) is 6.10 Å². The zero-order chi connectivity index (χ0) is 77.4. The van der Waals surface area contributed by atoms with Crippen molar-refractivity contribution in [2.45, 2.75) is 463 Å². The Morgan fingerprint density at radius 2 is 0.533 bits per heavy atom. The summed E-state index contributed by atoms with van der Waals surface area (Å²) in [6.45, 7) is 4.83. The summed E-state index contributed by atoms with van der Waals surface area (Å²) in [6.07, 6.45) is 121. The molecule has 0 aliphatic rings. The Morgan fingerprint density at radius 3 is 0.794 bits per heavy atom. The third-order valence-electron chi connectivity index (χ3n) is 20.9. The largest absolute Gasteiger partial charge is 0.477 e. The van der Waals surface area contributed by atoms with Crippen molar-refractivity contribution in [2.24, 2.45) is 0 Å². The average Bonchev–Trinajstić information content (AvgIpc) is 0.965. The van der Waals surface area contributed by atoms with Crippen LogP contribution in [0.2, 0.25) is 0 Å². The predicted octanol–water partition coefficient (Wildman–Crippen LogP) is 30.6. The number of aliphatic carboxylic acids is 1. The number of rotatable bonds is 87. The maximum absolute atomic E-state index is 13.0. The molecular weight excluding hydrogens is 1320 g/mol. The number of nitrogens with zero attached hydrogens (tertiary/aromatic N) is 1. The highest BCUT2D eigenvalue weighted by molar-refractivity contribution is 5.71. The third-order valence-corrected chi connectivity index (χ3v) is 20.9. The molecule has 0 saturated carbocycles. The van der Waals surface area contributed by atoms with Gasteiger partial charge in [-0.25, -0.2) is 4.79 Å². The summed E-state index contributed by atoms with van der Waals surface area (Å²) >= 11 is 0. The highest BCUT2D eigenvalue weighted by Gasteiger charge is 2.25. The summed E-state index contributed by atoms with van der Waals surface area (Å²) in [5.41, 5.74) is 0. The Morgan fingerprint density at radius 1 is 0.290 bits per heavy atom. The maximum atomic E-state index is 13.0. The second-order valence-electron chi connectivity index (χ2n) is 32.6. The van der Waals surface area contributed by atoms with Crippen molar-refractivity contribution in [1.82, 2.24) is 0 Å². The summed E-state index contributed by atoms with van der Waals surface area (Å²) in [7, 11) is 6.00. The van der Waals surface area contributed by atoms with Crippen LogP contribution < -0.4 is 0 Å². The smallest absolute Gasteiger partial charge is 0.361 e. The summed E-state index contributed by atoms with van der Waals surface area (Å²) in [6, 6.07) is 0. The second kappa shape index (κ2) is 87.8. The standard InChI is InChI=1S/C98H177NO8/c1-6-8-10-12-14-16-18-20-22-24-26-28-30-32-34-36-38-40-42-44-46-48-50-52-54-56-58-60-62-64-66-68-70-72-74-76-78-80-82-84-86-88-95(100)105-92-94(93-106-98(97(102)103)104-91-90-99(3,4)5)107-96(101)89-87-85-83-81-79-77-75-73-71-69-67-65-63-61-59-57-55-53-51-49-47-45-43-41-39-37-35-33-31-29-27-25-23-21-19-17-15-13-11-9-7-2/h9,11,15,17,21,23,27,29,33,35,39,41,45,47,51,53,94,98H,6-8,10,12-14,16,18-20,22,24-26,28,30-32,34,36-38,40,42-44,46,48-50,52,54-93H2,1-5H3/p+1/b11-9-,17-15-,23-21-,29-27-,35-33-,41-39-,47-45-,53-51-. The van der Waals surface area contributed by atoms with Crippen LogP contribution in [0.5, 0.6) is 0 Å². The Balaban J connectivity index is 3.92. The summed E-state index contributed by atoms with van der Waals surface area (Å²) in [5.74, 6) is -1.98. The van der Waals surface area contributed by atoms with Crippen LogP contribution in [0.15, 0.2) is 97.2 Å². The van der Waals surface area contributed by atoms with Crippen molar-refractivity contribution >= 4 is 17.9 Å². The molecule has 0 aliphatic carbocycles. The van der Waals surface area contributed by atoms with Crippen molar-refractivity contribution in [3.05, 3.63) is 97.2 Å². The number of esters is 2. The third kappa shape index (κ3) is 89.3. The molecule has 0 fully saturated rings. The number of unbranched alkanes of at least 4 members (excludes halogenated alkanes) is 56. The van der Waals surface area contributed by atoms with Crippen LogP contribution in [0.1, 0.15) is 450 Å². The molecule has 0 amide bonds. The molecule has 622 valence electrons. The first kappa shape index (κ1) is 103. The lowest BCUT2D eigenvalue weighted by Gasteiger charge is -2.25. The maximum Gasteiger partial charge on any atom is 0.361 e. The van der Waals surface area contributed by atoms with Gasteiger partial charge in [-0.15, -0.1) is 0 Å².